The van der Waals surface area contributed by atoms with Gasteiger partial charge >= 0.3 is 18.3 Å². The minimum Gasteiger partial charge on any atom is -0.480 e. The Hall–Kier alpha value is -4.95. The second-order valence-electron chi connectivity index (χ2n) is 11.0. The maximum absolute atomic E-state index is 15.0. The monoisotopic (exact) mass is 666 g/mol. The molecule has 2 aromatic carbocycles. The zero-order chi connectivity index (χ0) is 35.0. The second-order valence-corrected chi connectivity index (χ2v) is 11.0. The van der Waals surface area contributed by atoms with Crippen molar-refractivity contribution >= 4 is 28.5 Å². The first-order valence-corrected chi connectivity index (χ1v) is 14.2. The minimum absolute atomic E-state index is 0.0269. The van der Waals surface area contributed by atoms with Gasteiger partial charge in [-0.3, -0.25) is 14.6 Å². The smallest absolute Gasteiger partial charge is 0.417 e. The number of amides is 1. The summed E-state index contributed by atoms with van der Waals surface area (Å²) < 4.78 is 97.9. The number of fused-ring (bicyclic) bond motifs is 1. The number of aryl methyl sites for hydroxylation is 2. The predicted molar refractivity (Wildman–Crippen MR) is 160 cm³/mol. The molecule has 0 spiro atoms. The van der Waals surface area contributed by atoms with E-state index in [0.29, 0.717) is 0 Å². The number of hydrogen-bond donors (Lipinski definition) is 3. The molecular weight excluding hydrogens is 637 g/mol. The summed E-state index contributed by atoms with van der Waals surface area (Å²) in [6.45, 7) is 4.00. The number of pyridine rings is 2. The van der Waals surface area contributed by atoms with Crippen molar-refractivity contribution in [3.05, 3.63) is 92.8 Å². The Morgan fingerprint density at radius 1 is 1.04 bits per heavy atom. The maximum Gasteiger partial charge on any atom is 0.417 e. The molecule has 0 fully saturated rings. The number of nitrogens with one attached hydrogen (secondary N) is 2. The molecule has 250 valence electrons. The third-order valence-corrected chi connectivity index (χ3v) is 7.82. The molecule has 0 aliphatic heterocycles. The topological polar surface area (TPSA) is 113 Å². The Morgan fingerprint density at radius 2 is 1.72 bits per heavy atom. The van der Waals surface area contributed by atoms with E-state index < -0.39 is 70.8 Å². The number of aliphatic carboxylic acids is 1. The molecule has 4 rings (SSSR count). The van der Waals surface area contributed by atoms with Crippen molar-refractivity contribution < 1.29 is 45.4 Å². The first kappa shape index (κ1) is 34.9. The summed E-state index contributed by atoms with van der Waals surface area (Å²) in [6, 6.07) is 4.36. The van der Waals surface area contributed by atoms with Crippen molar-refractivity contribution in [2.45, 2.75) is 58.0 Å². The average molecular weight is 667 g/mol. The normalized spacial score (nSPS) is 13.3. The van der Waals surface area contributed by atoms with Crippen LogP contribution in [0.4, 0.5) is 36.4 Å². The molecule has 4 aromatic rings. The fourth-order valence-corrected chi connectivity index (χ4v) is 5.19. The molecule has 8 nitrogen and oxygen atoms in total. The first-order chi connectivity index (χ1) is 21.8. The van der Waals surface area contributed by atoms with Crippen LogP contribution in [0.15, 0.2) is 53.5 Å². The quantitative estimate of drug-likeness (QED) is 0.175. The molecule has 2 atom stereocenters. The van der Waals surface area contributed by atoms with Crippen LogP contribution in [-0.2, 0) is 24.4 Å². The lowest BCUT2D eigenvalue weighted by Gasteiger charge is -2.23. The lowest BCUT2D eigenvalue weighted by molar-refractivity contribution is -0.143. The van der Waals surface area contributed by atoms with Gasteiger partial charge in [-0.2, -0.15) is 26.3 Å². The molecule has 1 amide bonds. The van der Waals surface area contributed by atoms with Crippen molar-refractivity contribution in [3.63, 3.8) is 0 Å². The number of halogens is 7. The molecule has 47 heavy (non-hydrogen) atoms. The number of rotatable bonds is 9. The molecule has 15 heteroatoms. The summed E-state index contributed by atoms with van der Waals surface area (Å²) in [5.41, 5.74) is -3.32. The van der Waals surface area contributed by atoms with Crippen LogP contribution >= 0.6 is 0 Å². The number of hydrogen-bond acceptors (Lipinski definition) is 5. The van der Waals surface area contributed by atoms with Crippen molar-refractivity contribution in [1.82, 2.24) is 14.9 Å². The lowest BCUT2D eigenvalue weighted by atomic mass is 9.93. The van der Waals surface area contributed by atoms with Gasteiger partial charge in [-0.15, -0.1) is 0 Å². The van der Waals surface area contributed by atoms with Crippen molar-refractivity contribution in [3.8, 4) is 11.1 Å². The molecule has 0 saturated heterocycles. The van der Waals surface area contributed by atoms with Crippen molar-refractivity contribution in [2.24, 2.45) is 7.05 Å². The van der Waals surface area contributed by atoms with E-state index in [2.05, 4.69) is 15.6 Å². The average Bonchev–Trinajstić information content (AvgIpc) is 2.98. The van der Waals surface area contributed by atoms with Crippen LogP contribution in [0.5, 0.6) is 0 Å². The van der Waals surface area contributed by atoms with Gasteiger partial charge in [-0.25, -0.2) is 9.18 Å². The number of carbonyl (C=O) groups is 2. The fraction of sp³-hybridized carbons (Fsp3) is 0.312. The summed E-state index contributed by atoms with van der Waals surface area (Å²) in [5, 5.41) is 14.5. The number of alkyl halides is 6. The van der Waals surface area contributed by atoms with E-state index in [4.69, 9.17) is 0 Å². The SMILES string of the molecule is CCC(Nc1cc(F)c(C(=O)NC(Cc2ccc(-c3c(C(F)(F)F)cc(C)n(C)c3=O)c3ncccc23)C(=O)O)cc1C)C(F)(F)F. The van der Waals surface area contributed by atoms with Crippen LogP contribution in [0.25, 0.3) is 22.0 Å². The highest BCUT2D eigenvalue weighted by Gasteiger charge is 2.39. The van der Waals surface area contributed by atoms with E-state index in [1.807, 2.05) is 0 Å². The molecule has 0 radical (unpaired) electrons. The largest absolute Gasteiger partial charge is 0.480 e. The first-order valence-electron chi connectivity index (χ1n) is 14.2. The Balaban J connectivity index is 1.70. The molecule has 0 aliphatic rings. The zero-order valence-electron chi connectivity index (χ0n) is 25.4. The molecule has 2 unspecified atom stereocenters. The highest BCUT2D eigenvalue weighted by molar-refractivity contribution is 5.99. The molecule has 2 aromatic heterocycles. The van der Waals surface area contributed by atoms with E-state index >= 15 is 0 Å². The van der Waals surface area contributed by atoms with E-state index in [1.165, 1.54) is 58.3 Å². The molecule has 0 saturated carbocycles. The van der Waals surface area contributed by atoms with Gasteiger partial charge < -0.3 is 20.3 Å². The third kappa shape index (κ3) is 7.23. The minimum atomic E-state index is -4.89. The van der Waals surface area contributed by atoms with Gasteiger partial charge in [0, 0.05) is 42.0 Å². The van der Waals surface area contributed by atoms with Gasteiger partial charge in [0.1, 0.15) is 17.9 Å². The number of anilines is 1. The Morgan fingerprint density at radius 3 is 2.32 bits per heavy atom. The standard InChI is InChI=1S/C32H29F7N4O4/c1-5-25(32(37,38)39)41-23-14-22(33)20(11-15(23)2)28(44)42-24(30(46)47)13-17-8-9-19(27-18(17)7-6-10-40-27)26-21(31(34,35)36)12-16(3)43(4)29(26)45/h6-12,14,24-25,41H,5,13H2,1-4H3,(H,42,44)(H,46,47). The second kappa shape index (κ2) is 13.0. The van der Waals surface area contributed by atoms with Crippen LogP contribution < -0.4 is 16.2 Å². The summed E-state index contributed by atoms with van der Waals surface area (Å²) in [7, 11) is 1.32. The number of carbonyl (C=O) groups excluding carboxylic acids is 1. The van der Waals surface area contributed by atoms with Crippen molar-refractivity contribution in [2.75, 3.05) is 5.32 Å². The van der Waals surface area contributed by atoms with Gasteiger partial charge in [0.25, 0.3) is 11.5 Å². The number of carboxylic acids is 1. The molecule has 0 aliphatic carbocycles. The van der Waals surface area contributed by atoms with Crippen LogP contribution in [0.3, 0.4) is 0 Å². The van der Waals surface area contributed by atoms with E-state index in [-0.39, 0.29) is 45.4 Å². The van der Waals surface area contributed by atoms with Crippen LogP contribution in [0.1, 0.15) is 46.1 Å². The highest BCUT2D eigenvalue weighted by atomic mass is 19.4. The van der Waals surface area contributed by atoms with Crippen LogP contribution in [-0.4, -0.2) is 44.8 Å². The van der Waals surface area contributed by atoms with Crippen LogP contribution in [0.2, 0.25) is 0 Å². The summed E-state index contributed by atoms with van der Waals surface area (Å²) in [5.74, 6) is -3.89. The van der Waals surface area contributed by atoms with Gasteiger partial charge in [0.05, 0.1) is 22.2 Å². The van der Waals surface area contributed by atoms with Gasteiger partial charge in [0.15, 0.2) is 0 Å². The predicted octanol–water partition coefficient (Wildman–Crippen LogP) is 6.55. The van der Waals surface area contributed by atoms with Crippen molar-refractivity contribution in [1.29, 1.82) is 0 Å². The van der Waals surface area contributed by atoms with Gasteiger partial charge in [0.2, 0.25) is 0 Å². The lowest BCUT2D eigenvalue weighted by Crippen LogP contribution is -2.42. The zero-order valence-corrected chi connectivity index (χ0v) is 25.4. The van der Waals surface area contributed by atoms with E-state index in [0.717, 1.165) is 22.8 Å². The fourth-order valence-electron chi connectivity index (χ4n) is 5.19. The van der Waals surface area contributed by atoms with Crippen LogP contribution in [0, 0.1) is 19.7 Å². The number of carboxylic acid groups (broad SMARTS) is 1. The molecule has 2 heterocycles. The third-order valence-electron chi connectivity index (χ3n) is 7.82. The maximum atomic E-state index is 15.0. The summed E-state index contributed by atoms with van der Waals surface area (Å²) >= 11 is 0. The number of benzene rings is 2. The Kier molecular flexibility index (Phi) is 9.69. The Bertz CT molecular complexity index is 1920. The molecular formula is C32H29F7N4O4. The Labute approximate surface area is 263 Å². The van der Waals surface area contributed by atoms with Gasteiger partial charge in [-0.1, -0.05) is 25.1 Å². The van der Waals surface area contributed by atoms with E-state index in [9.17, 15) is 50.2 Å². The highest BCUT2D eigenvalue weighted by Crippen LogP contribution is 2.38. The van der Waals surface area contributed by atoms with Gasteiger partial charge in [-0.05, 0) is 55.7 Å². The molecule has 3 N–H and O–H groups in total. The summed E-state index contributed by atoms with van der Waals surface area (Å²) in [4.78, 5) is 42.5. The number of aromatic nitrogens is 2. The van der Waals surface area contributed by atoms with E-state index in [1.54, 1.807) is 0 Å². The molecule has 0 bridgehead atoms. The summed E-state index contributed by atoms with van der Waals surface area (Å²) in [6.07, 6.45) is -8.98. The number of nitrogens with zero attached hydrogens (tertiary/aromatic N) is 2.